The Morgan fingerprint density at radius 3 is 2.72 bits per heavy atom. The maximum Gasteiger partial charge on any atom is 0.0724 e. The molecule has 0 fully saturated rings. The van der Waals surface area contributed by atoms with Gasteiger partial charge in [0.15, 0.2) is 0 Å². The molecule has 1 N–H and O–H groups in total. The van der Waals surface area contributed by atoms with E-state index in [0.29, 0.717) is 6.54 Å². The van der Waals surface area contributed by atoms with E-state index in [1.165, 1.54) is 5.56 Å². The van der Waals surface area contributed by atoms with Crippen molar-refractivity contribution in [3.8, 4) is 0 Å². The second-order valence-electron chi connectivity index (χ2n) is 3.99. The fraction of sp³-hybridized carbons (Fsp3) is 0.231. The molecule has 0 aliphatic carbocycles. The van der Waals surface area contributed by atoms with Crippen molar-refractivity contribution < 1.29 is 0 Å². The highest BCUT2D eigenvalue weighted by Gasteiger charge is 2.01. The average Bonchev–Trinajstić information content (AvgIpc) is 2.34. The summed E-state index contributed by atoms with van der Waals surface area (Å²) in [6.07, 6.45) is 3.56. The molecule has 0 bridgehead atoms. The summed E-state index contributed by atoms with van der Waals surface area (Å²) in [6.45, 7) is 3.38. The highest BCUT2D eigenvalue weighted by molar-refractivity contribution is 9.10. The molecule has 94 valence electrons. The van der Waals surface area contributed by atoms with Gasteiger partial charge in [-0.05, 0) is 24.6 Å². The van der Waals surface area contributed by atoms with Crippen molar-refractivity contribution in [1.82, 2.24) is 15.3 Å². The van der Waals surface area contributed by atoms with Gasteiger partial charge in [0.1, 0.15) is 0 Å². The molecule has 18 heavy (non-hydrogen) atoms. The van der Waals surface area contributed by atoms with Crippen molar-refractivity contribution in [1.29, 1.82) is 0 Å². The molecule has 5 heteroatoms. The molecule has 1 aromatic heterocycles. The number of nitrogens with one attached hydrogen (secondary N) is 1. The van der Waals surface area contributed by atoms with Crippen molar-refractivity contribution in [3.05, 3.63) is 57.0 Å². The van der Waals surface area contributed by atoms with Gasteiger partial charge in [0.05, 0.1) is 11.4 Å². The number of rotatable bonds is 4. The lowest BCUT2D eigenvalue weighted by atomic mass is 10.2. The van der Waals surface area contributed by atoms with E-state index in [4.69, 9.17) is 11.6 Å². The fourth-order valence-corrected chi connectivity index (χ4v) is 2.32. The second-order valence-corrected chi connectivity index (χ2v) is 5.28. The van der Waals surface area contributed by atoms with Gasteiger partial charge in [-0.25, -0.2) is 0 Å². The first-order chi connectivity index (χ1) is 8.65. The number of aryl methyl sites for hydroxylation is 1. The summed E-state index contributed by atoms with van der Waals surface area (Å²) in [5.74, 6) is 0. The van der Waals surface area contributed by atoms with E-state index < -0.39 is 0 Å². The molecular formula is C13H13BrClN3. The first-order valence-electron chi connectivity index (χ1n) is 5.57. The van der Waals surface area contributed by atoms with E-state index in [2.05, 4.69) is 31.2 Å². The summed E-state index contributed by atoms with van der Waals surface area (Å²) in [4.78, 5) is 8.49. The van der Waals surface area contributed by atoms with Gasteiger partial charge < -0.3 is 5.32 Å². The van der Waals surface area contributed by atoms with Crippen LogP contribution in [0.4, 0.5) is 0 Å². The van der Waals surface area contributed by atoms with E-state index in [-0.39, 0.29) is 0 Å². The Labute approximate surface area is 120 Å². The maximum absolute atomic E-state index is 5.89. The van der Waals surface area contributed by atoms with Crippen LogP contribution in [0.5, 0.6) is 0 Å². The third-order valence-electron chi connectivity index (χ3n) is 2.47. The lowest BCUT2D eigenvalue weighted by Gasteiger charge is -2.07. The number of halogens is 2. The molecule has 0 unspecified atom stereocenters. The standard InChI is InChI=1S/C13H13BrClN3/c1-9-5-18-12(8-17-9)7-16-6-10-2-3-11(15)4-13(10)14/h2-5,8,16H,6-7H2,1H3. The lowest BCUT2D eigenvalue weighted by Crippen LogP contribution is -2.14. The van der Waals surface area contributed by atoms with Crippen LogP contribution < -0.4 is 5.32 Å². The van der Waals surface area contributed by atoms with Crippen LogP contribution in [-0.2, 0) is 13.1 Å². The second kappa shape index (κ2) is 6.27. The van der Waals surface area contributed by atoms with E-state index in [9.17, 15) is 0 Å². The van der Waals surface area contributed by atoms with E-state index >= 15 is 0 Å². The molecule has 0 aliphatic heterocycles. The molecule has 0 saturated carbocycles. The highest BCUT2D eigenvalue weighted by atomic mass is 79.9. The fourth-order valence-electron chi connectivity index (χ4n) is 1.50. The smallest absolute Gasteiger partial charge is 0.0724 e. The summed E-state index contributed by atoms with van der Waals surface area (Å²) < 4.78 is 1.01. The average molecular weight is 327 g/mol. The summed E-state index contributed by atoms with van der Waals surface area (Å²) >= 11 is 9.38. The number of nitrogens with zero attached hydrogens (tertiary/aromatic N) is 2. The SMILES string of the molecule is Cc1cnc(CNCc2ccc(Cl)cc2Br)cn1. The molecule has 2 aromatic rings. The minimum absolute atomic E-state index is 0.697. The minimum atomic E-state index is 0.697. The predicted octanol–water partition coefficient (Wildman–Crippen LogP) is 3.49. The quantitative estimate of drug-likeness (QED) is 0.934. The van der Waals surface area contributed by atoms with Crippen LogP contribution >= 0.6 is 27.5 Å². The largest absolute Gasteiger partial charge is 0.307 e. The van der Waals surface area contributed by atoms with Gasteiger partial charge in [0, 0.05) is 35.0 Å². The summed E-state index contributed by atoms with van der Waals surface area (Å²) in [7, 11) is 0. The lowest BCUT2D eigenvalue weighted by molar-refractivity contribution is 0.674. The third-order valence-corrected chi connectivity index (χ3v) is 3.44. The van der Waals surface area contributed by atoms with Crippen LogP contribution in [-0.4, -0.2) is 9.97 Å². The Morgan fingerprint density at radius 2 is 2.06 bits per heavy atom. The first-order valence-corrected chi connectivity index (χ1v) is 6.74. The molecule has 1 heterocycles. The molecular weight excluding hydrogens is 314 g/mol. The summed E-state index contributed by atoms with van der Waals surface area (Å²) in [5, 5.41) is 4.05. The van der Waals surface area contributed by atoms with Gasteiger partial charge >= 0.3 is 0 Å². The predicted molar refractivity (Wildman–Crippen MR) is 76.5 cm³/mol. The molecule has 0 spiro atoms. The Hall–Kier alpha value is -0.970. The molecule has 0 aliphatic rings. The minimum Gasteiger partial charge on any atom is -0.307 e. The van der Waals surface area contributed by atoms with Crippen LogP contribution in [0.3, 0.4) is 0 Å². The van der Waals surface area contributed by atoms with Gasteiger partial charge in [-0.3, -0.25) is 9.97 Å². The molecule has 0 saturated heterocycles. The normalized spacial score (nSPS) is 10.6. The number of aromatic nitrogens is 2. The van der Waals surface area contributed by atoms with Crippen LogP contribution in [0.15, 0.2) is 35.1 Å². The molecule has 2 rings (SSSR count). The molecule has 0 radical (unpaired) electrons. The molecule has 1 aromatic carbocycles. The van der Waals surface area contributed by atoms with Gasteiger partial charge in [-0.15, -0.1) is 0 Å². The monoisotopic (exact) mass is 325 g/mol. The highest BCUT2D eigenvalue weighted by Crippen LogP contribution is 2.21. The van der Waals surface area contributed by atoms with Crippen molar-refractivity contribution in [3.63, 3.8) is 0 Å². The molecule has 0 atom stereocenters. The summed E-state index contributed by atoms with van der Waals surface area (Å²) in [5.41, 5.74) is 3.03. The first kappa shape index (κ1) is 13.5. The van der Waals surface area contributed by atoms with Gasteiger partial charge in [-0.2, -0.15) is 0 Å². The Morgan fingerprint density at radius 1 is 1.22 bits per heavy atom. The Balaban J connectivity index is 1.90. The zero-order valence-electron chi connectivity index (χ0n) is 9.95. The van der Waals surface area contributed by atoms with Crippen LogP contribution in [0, 0.1) is 6.92 Å². The molecule has 0 amide bonds. The van der Waals surface area contributed by atoms with Crippen LogP contribution in [0.25, 0.3) is 0 Å². The van der Waals surface area contributed by atoms with Gasteiger partial charge in [0.2, 0.25) is 0 Å². The number of hydrogen-bond donors (Lipinski definition) is 1. The Bertz CT molecular complexity index is 528. The topological polar surface area (TPSA) is 37.8 Å². The zero-order chi connectivity index (χ0) is 13.0. The van der Waals surface area contributed by atoms with Crippen molar-refractivity contribution in [2.24, 2.45) is 0 Å². The van der Waals surface area contributed by atoms with Crippen molar-refractivity contribution in [2.75, 3.05) is 0 Å². The van der Waals surface area contributed by atoms with E-state index in [0.717, 1.165) is 27.4 Å². The number of benzene rings is 1. The van der Waals surface area contributed by atoms with Crippen LogP contribution in [0.2, 0.25) is 5.02 Å². The van der Waals surface area contributed by atoms with Crippen molar-refractivity contribution in [2.45, 2.75) is 20.0 Å². The third kappa shape index (κ3) is 3.77. The van der Waals surface area contributed by atoms with E-state index in [1.807, 2.05) is 25.1 Å². The zero-order valence-corrected chi connectivity index (χ0v) is 12.3. The van der Waals surface area contributed by atoms with Gasteiger partial charge in [-0.1, -0.05) is 33.6 Å². The Kier molecular flexibility index (Phi) is 4.69. The van der Waals surface area contributed by atoms with Gasteiger partial charge in [0.25, 0.3) is 0 Å². The van der Waals surface area contributed by atoms with E-state index in [1.54, 1.807) is 12.4 Å². The maximum atomic E-state index is 5.89. The molecule has 3 nitrogen and oxygen atoms in total. The summed E-state index contributed by atoms with van der Waals surface area (Å²) in [6, 6.07) is 5.78. The number of hydrogen-bond acceptors (Lipinski definition) is 3. The van der Waals surface area contributed by atoms with Crippen LogP contribution in [0.1, 0.15) is 17.0 Å². The van der Waals surface area contributed by atoms with Crippen molar-refractivity contribution >= 4 is 27.5 Å².